The number of methoxy groups -OCH3 is 1. The van der Waals surface area contributed by atoms with Gasteiger partial charge >= 0.3 is 0 Å². The molecule has 0 saturated carbocycles. The van der Waals surface area contributed by atoms with Gasteiger partial charge in [-0.2, -0.15) is 0 Å². The second-order valence-electron chi connectivity index (χ2n) is 6.36. The summed E-state index contributed by atoms with van der Waals surface area (Å²) in [6.45, 7) is 2.17. The van der Waals surface area contributed by atoms with Crippen molar-refractivity contribution in [3.8, 4) is 11.5 Å². The number of rotatable bonds is 8. The number of amides is 1. The summed E-state index contributed by atoms with van der Waals surface area (Å²) in [6.07, 6.45) is 0. The standard InChI is InChI=1S/C20H20BrFN4O3S/c1-12-4-7-16(17(8-12)28-3)29-10-18-24-25-20(26(18)2)30-11-19(27)23-15-6-5-13(21)9-14(15)22/h4-9H,10-11H2,1-3H3,(H,23,27). The predicted octanol–water partition coefficient (Wildman–Crippen LogP) is 4.34. The fraction of sp³-hybridized carbons (Fsp3) is 0.250. The average Bonchev–Trinajstić information content (AvgIpc) is 3.07. The highest BCUT2D eigenvalue weighted by atomic mass is 79.9. The molecular weight excluding hydrogens is 475 g/mol. The van der Waals surface area contributed by atoms with Crippen LogP contribution in [0.2, 0.25) is 0 Å². The molecule has 30 heavy (non-hydrogen) atoms. The van der Waals surface area contributed by atoms with Crippen LogP contribution < -0.4 is 14.8 Å². The quantitative estimate of drug-likeness (QED) is 0.469. The first kappa shape index (κ1) is 22.1. The molecule has 0 saturated heterocycles. The van der Waals surface area contributed by atoms with Crippen LogP contribution in [0.15, 0.2) is 46.0 Å². The van der Waals surface area contributed by atoms with E-state index in [1.54, 1.807) is 24.8 Å². The van der Waals surface area contributed by atoms with E-state index in [1.807, 2.05) is 25.1 Å². The topological polar surface area (TPSA) is 78.3 Å². The Labute approximate surface area is 186 Å². The van der Waals surface area contributed by atoms with Gasteiger partial charge in [0.05, 0.1) is 18.6 Å². The lowest BCUT2D eigenvalue weighted by atomic mass is 10.2. The smallest absolute Gasteiger partial charge is 0.234 e. The molecule has 0 bridgehead atoms. The maximum absolute atomic E-state index is 13.8. The first-order chi connectivity index (χ1) is 14.4. The predicted molar refractivity (Wildman–Crippen MR) is 117 cm³/mol. The molecule has 1 amide bonds. The Kier molecular flexibility index (Phi) is 7.33. The van der Waals surface area contributed by atoms with Crippen LogP contribution in [0.5, 0.6) is 11.5 Å². The lowest BCUT2D eigenvalue weighted by molar-refractivity contribution is -0.113. The number of aryl methyl sites for hydroxylation is 1. The Hall–Kier alpha value is -2.59. The summed E-state index contributed by atoms with van der Waals surface area (Å²) in [5, 5.41) is 11.3. The van der Waals surface area contributed by atoms with Crippen molar-refractivity contribution < 1.29 is 18.7 Å². The molecule has 7 nitrogen and oxygen atoms in total. The number of halogens is 2. The van der Waals surface area contributed by atoms with E-state index in [0.29, 0.717) is 27.0 Å². The third-order valence-electron chi connectivity index (χ3n) is 4.14. The Morgan fingerprint density at radius 1 is 1.23 bits per heavy atom. The highest BCUT2D eigenvalue weighted by Crippen LogP contribution is 2.28. The van der Waals surface area contributed by atoms with Crippen LogP contribution in [0.1, 0.15) is 11.4 Å². The summed E-state index contributed by atoms with van der Waals surface area (Å²) in [5.74, 6) is 1.06. The molecule has 0 fully saturated rings. The maximum Gasteiger partial charge on any atom is 0.234 e. The number of carbonyl (C=O) groups is 1. The molecule has 10 heteroatoms. The monoisotopic (exact) mass is 494 g/mol. The van der Waals surface area contributed by atoms with Gasteiger partial charge in [0.15, 0.2) is 22.5 Å². The summed E-state index contributed by atoms with van der Waals surface area (Å²) in [4.78, 5) is 12.1. The van der Waals surface area contributed by atoms with Crippen LogP contribution in [0.3, 0.4) is 0 Å². The molecule has 3 rings (SSSR count). The molecule has 0 aliphatic heterocycles. The van der Waals surface area contributed by atoms with Crippen LogP contribution in [0.4, 0.5) is 10.1 Å². The van der Waals surface area contributed by atoms with Crippen molar-refractivity contribution in [2.75, 3.05) is 18.2 Å². The number of nitrogens with zero attached hydrogens (tertiary/aromatic N) is 3. The van der Waals surface area contributed by atoms with E-state index in [0.717, 1.165) is 5.56 Å². The fourth-order valence-corrected chi connectivity index (χ4v) is 3.60. The third kappa shape index (κ3) is 5.51. The molecule has 1 heterocycles. The number of anilines is 1. The molecule has 3 aromatic rings. The number of aromatic nitrogens is 3. The summed E-state index contributed by atoms with van der Waals surface area (Å²) >= 11 is 4.38. The zero-order valence-electron chi connectivity index (χ0n) is 16.6. The Bertz CT molecular complexity index is 1060. The number of nitrogens with one attached hydrogen (secondary N) is 1. The summed E-state index contributed by atoms with van der Waals surface area (Å²) in [7, 11) is 3.38. The van der Waals surface area contributed by atoms with Crippen LogP contribution >= 0.6 is 27.7 Å². The van der Waals surface area contributed by atoms with E-state index in [2.05, 4.69) is 31.4 Å². The molecular formula is C20H20BrFN4O3S. The second-order valence-corrected chi connectivity index (χ2v) is 8.22. The highest BCUT2D eigenvalue weighted by molar-refractivity contribution is 9.10. The Balaban J connectivity index is 1.57. The number of thioether (sulfide) groups is 1. The molecule has 0 spiro atoms. The zero-order chi connectivity index (χ0) is 21.7. The van der Waals surface area contributed by atoms with E-state index in [1.165, 1.54) is 23.9 Å². The van der Waals surface area contributed by atoms with Crippen molar-refractivity contribution in [1.29, 1.82) is 0 Å². The molecule has 2 aromatic carbocycles. The number of hydrogen-bond donors (Lipinski definition) is 1. The summed E-state index contributed by atoms with van der Waals surface area (Å²) in [5.41, 5.74) is 1.20. The van der Waals surface area contributed by atoms with Crippen molar-refractivity contribution in [2.24, 2.45) is 7.05 Å². The van der Waals surface area contributed by atoms with E-state index in [4.69, 9.17) is 9.47 Å². The van der Waals surface area contributed by atoms with Gasteiger partial charge in [0.25, 0.3) is 0 Å². The van der Waals surface area contributed by atoms with Crippen LogP contribution in [0, 0.1) is 12.7 Å². The number of benzene rings is 2. The SMILES string of the molecule is COc1cc(C)ccc1OCc1nnc(SCC(=O)Nc2ccc(Br)cc2F)n1C. The first-order valence-corrected chi connectivity index (χ1v) is 10.7. The van der Waals surface area contributed by atoms with Gasteiger partial charge in [0, 0.05) is 11.5 Å². The minimum atomic E-state index is -0.507. The van der Waals surface area contributed by atoms with Gasteiger partial charge in [-0.25, -0.2) is 4.39 Å². The van der Waals surface area contributed by atoms with Gasteiger partial charge in [-0.05, 0) is 42.8 Å². The van der Waals surface area contributed by atoms with Crippen molar-refractivity contribution in [3.05, 3.63) is 58.1 Å². The van der Waals surface area contributed by atoms with Gasteiger partial charge in [-0.15, -0.1) is 10.2 Å². The minimum Gasteiger partial charge on any atom is -0.493 e. The van der Waals surface area contributed by atoms with Crippen LogP contribution in [-0.2, 0) is 18.4 Å². The van der Waals surface area contributed by atoms with Gasteiger partial charge in [0.2, 0.25) is 5.91 Å². The van der Waals surface area contributed by atoms with Gasteiger partial charge in [0.1, 0.15) is 12.4 Å². The molecule has 0 aliphatic rings. The Morgan fingerprint density at radius 3 is 2.77 bits per heavy atom. The van der Waals surface area contributed by atoms with Crippen molar-refractivity contribution in [1.82, 2.24) is 14.8 Å². The molecule has 1 aromatic heterocycles. The third-order valence-corrected chi connectivity index (χ3v) is 5.65. The lowest BCUT2D eigenvalue weighted by Crippen LogP contribution is -2.15. The van der Waals surface area contributed by atoms with Gasteiger partial charge in [-0.3, -0.25) is 4.79 Å². The molecule has 0 radical (unpaired) electrons. The van der Waals surface area contributed by atoms with E-state index in [-0.39, 0.29) is 24.0 Å². The molecule has 158 valence electrons. The largest absolute Gasteiger partial charge is 0.493 e. The van der Waals surface area contributed by atoms with Crippen LogP contribution in [0.25, 0.3) is 0 Å². The Morgan fingerprint density at radius 2 is 2.03 bits per heavy atom. The number of hydrogen-bond acceptors (Lipinski definition) is 6. The molecule has 1 N–H and O–H groups in total. The number of carbonyl (C=O) groups excluding carboxylic acids is 1. The summed E-state index contributed by atoms with van der Waals surface area (Å²) < 4.78 is 27.3. The minimum absolute atomic E-state index is 0.0636. The fourth-order valence-electron chi connectivity index (χ4n) is 2.54. The van der Waals surface area contributed by atoms with E-state index >= 15 is 0 Å². The molecule has 0 aliphatic carbocycles. The molecule has 0 atom stereocenters. The zero-order valence-corrected chi connectivity index (χ0v) is 19.0. The van der Waals surface area contributed by atoms with E-state index in [9.17, 15) is 9.18 Å². The van der Waals surface area contributed by atoms with Crippen molar-refractivity contribution >= 4 is 39.3 Å². The van der Waals surface area contributed by atoms with Crippen molar-refractivity contribution in [2.45, 2.75) is 18.7 Å². The average molecular weight is 495 g/mol. The highest BCUT2D eigenvalue weighted by Gasteiger charge is 2.14. The summed E-state index contributed by atoms with van der Waals surface area (Å²) in [6, 6.07) is 10.1. The first-order valence-electron chi connectivity index (χ1n) is 8.90. The lowest BCUT2D eigenvalue weighted by Gasteiger charge is -2.11. The van der Waals surface area contributed by atoms with Crippen molar-refractivity contribution in [3.63, 3.8) is 0 Å². The van der Waals surface area contributed by atoms with E-state index < -0.39 is 5.82 Å². The second kappa shape index (κ2) is 9.94. The van der Waals surface area contributed by atoms with Gasteiger partial charge < -0.3 is 19.4 Å². The normalized spacial score (nSPS) is 10.7. The van der Waals surface area contributed by atoms with Gasteiger partial charge in [-0.1, -0.05) is 33.8 Å². The number of ether oxygens (including phenoxy) is 2. The van der Waals surface area contributed by atoms with Crippen LogP contribution in [-0.4, -0.2) is 33.5 Å². The molecule has 0 unspecified atom stereocenters. The maximum atomic E-state index is 13.8.